The molecule has 0 aromatic carbocycles. The molecule has 3 rings (SSSR count). The number of aliphatic hydroxyl groups excluding tert-OH is 1. The SMILES string of the molecule is N#Cc1ccc(CN[C@H]2CCCC[C@H]2n2cc(CO)nn2)o1. The van der Waals surface area contributed by atoms with E-state index in [9.17, 15) is 0 Å². The first-order valence-corrected chi connectivity index (χ1v) is 7.54. The first-order chi connectivity index (χ1) is 10.8. The zero-order valence-corrected chi connectivity index (χ0v) is 12.3. The van der Waals surface area contributed by atoms with Crippen LogP contribution in [0, 0.1) is 11.3 Å². The van der Waals surface area contributed by atoms with Crippen molar-refractivity contribution in [2.24, 2.45) is 0 Å². The van der Waals surface area contributed by atoms with Crippen LogP contribution in [0.1, 0.15) is 48.9 Å². The van der Waals surface area contributed by atoms with Crippen LogP contribution in [-0.2, 0) is 13.2 Å². The number of nitrogens with one attached hydrogen (secondary N) is 1. The van der Waals surface area contributed by atoms with E-state index in [4.69, 9.17) is 14.8 Å². The summed E-state index contributed by atoms with van der Waals surface area (Å²) in [4.78, 5) is 0. The molecule has 2 atom stereocenters. The highest BCUT2D eigenvalue weighted by Crippen LogP contribution is 2.28. The van der Waals surface area contributed by atoms with Gasteiger partial charge in [-0.2, -0.15) is 5.26 Å². The van der Waals surface area contributed by atoms with E-state index >= 15 is 0 Å². The average molecular weight is 301 g/mol. The number of hydrogen-bond donors (Lipinski definition) is 2. The molecule has 0 radical (unpaired) electrons. The summed E-state index contributed by atoms with van der Waals surface area (Å²) in [6.45, 7) is 0.499. The summed E-state index contributed by atoms with van der Waals surface area (Å²) in [7, 11) is 0. The van der Waals surface area contributed by atoms with Crippen molar-refractivity contribution in [2.45, 2.75) is 50.9 Å². The summed E-state index contributed by atoms with van der Waals surface area (Å²) < 4.78 is 7.25. The second-order valence-corrected chi connectivity index (χ2v) is 5.56. The minimum Gasteiger partial charge on any atom is -0.449 e. The maximum atomic E-state index is 9.12. The Morgan fingerprint density at radius 2 is 2.27 bits per heavy atom. The summed E-state index contributed by atoms with van der Waals surface area (Å²) in [5, 5.41) is 29.5. The number of aromatic nitrogens is 3. The zero-order chi connectivity index (χ0) is 15.4. The number of nitriles is 1. The van der Waals surface area contributed by atoms with Crippen molar-refractivity contribution in [1.29, 1.82) is 5.26 Å². The molecule has 116 valence electrons. The van der Waals surface area contributed by atoms with Crippen LogP contribution in [0.25, 0.3) is 0 Å². The predicted octanol–water partition coefficient (Wildman–Crippen LogP) is 1.51. The third kappa shape index (κ3) is 3.18. The Morgan fingerprint density at radius 1 is 1.41 bits per heavy atom. The Morgan fingerprint density at radius 3 is 3.00 bits per heavy atom. The molecule has 2 aromatic heterocycles. The van der Waals surface area contributed by atoms with Crippen LogP contribution in [0.2, 0.25) is 0 Å². The molecule has 0 bridgehead atoms. The van der Waals surface area contributed by atoms with Crippen molar-refractivity contribution in [3.63, 3.8) is 0 Å². The fourth-order valence-corrected chi connectivity index (χ4v) is 2.98. The summed E-state index contributed by atoms with van der Waals surface area (Å²) in [6, 6.07) is 6.00. The van der Waals surface area contributed by atoms with Crippen LogP contribution < -0.4 is 5.32 Å². The van der Waals surface area contributed by atoms with Crippen LogP contribution in [0.5, 0.6) is 0 Å². The molecule has 2 heterocycles. The summed E-state index contributed by atoms with van der Waals surface area (Å²) >= 11 is 0. The van der Waals surface area contributed by atoms with Gasteiger partial charge < -0.3 is 14.8 Å². The minimum atomic E-state index is -0.0891. The molecule has 22 heavy (non-hydrogen) atoms. The predicted molar refractivity (Wildman–Crippen MR) is 77.5 cm³/mol. The molecule has 0 unspecified atom stereocenters. The number of aliphatic hydroxyl groups is 1. The van der Waals surface area contributed by atoms with Gasteiger partial charge in [0, 0.05) is 6.04 Å². The van der Waals surface area contributed by atoms with Crippen molar-refractivity contribution < 1.29 is 9.52 Å². The van der Waals surface area contributed by atoms with Crippen LogP contribution in [0.15, 0.2) is 22.7 Å². The van der Waals surface area contributed by atoms with Crippen molar-refractivity contribution >= 4 is 0 Å². The highest BCUT2D eigenvalue weighted by atomic mass is 16.3. The molecule has 1 saturated carbocycles. The molecule has 0 aliphatic heterocycles. The van der Waals surface area contributed by atoms with E-state index in [1.165, 1.54) is 6.42 Å². The van der Waals surface area contributed by atoms with Gasteiger partial charge in [-0.05, 0) is 25.0 Å². The molecule has 0 spiro atoms. The third-order valence-corrected chi connectivity index (χ3v) is 4.10. The lowest BCUT2D eigenvalue weighted by molar-refractivity contribution is 0.238. The molecule has 1 fully saturated rings. The molecule has 1 aliphatic carbocycles. The topological polar surface area (TPSA) is 99.9 Å². The molecular weight excluding hydrogens is 282 g/mol. The fraction of sp³-hybridized carbons (Fsp3) is 0.533. The lowest BCUT2D eigenvalue weighted by Crippen LogP contribution is -2.39. The van der Waals surface area contributed by atoms with Crippen molar-refractivity contribution in [1.82, 2.24) is 20.3 Å². The van der Waals surface area contributed by atoms with E-state index in [0.717, 1.165) is 25.0 Å². The number of hydrogen-bond acceptors (Lipinski definition) is 6. The molecule has 2 aromatic rings. The Labute approximate surface area is 128 Å². The van der Waals surface area contributed by atoms with E-state index < -0.39 is 0 Å². The van der Waals surface area contributed by atoms with E-state index in [2.05, 4.69) is 15.6 Å². The number of rotatable bonds is 5. The van der Waals surface area contributed by atoms with Crippen molar-refractivity contribution in [3.05, 3.63) is 35.5 Å². The molecular formula is C15H19N5O2. The van der Waals surface area contributed by atoms with Crippen LogP contribution in [-0.4, -0.2) is 26.1 Å². The highest BCUT2D eigenvalue weighted by molar-refractivity contribution is 5.19. The van der Waals surface area contributed by atoms with Gasteiger partial charge in [-0.3, -0.25) is 0 Å². The highest BCUT2D eigenvalue weighted by Gasteiger charge is 2.27. The molecule has 7 heteroatoms. The molecule has 0 saturated heterocycles. The Bertz CT molecular complexity index is 657. The van der Waals surface area contributed by atoms with Crippen LogP contribution in [0.4, 0.5) is 0 Å². The van der Waals surface area contributed by atoms with E-state index in [0.29, 0.717) is 18.0 Å². The van der Waals surface area contributed by atoms with Crippen molar-refractivity contribution in [3.8, 4) is 6.07 Å². The van der Waals surface area contributed by atoms with Gasteiger partial charge in [0.25, 0.3) is 0 Å². The molecule has 0 amide bonds. The standard InChI is InChI=1S/C15H19N5O2/c16-7-12-5-6-13(22-12)8-17-14-3-1-2-4-15(14)20-9-11(10-21)18-19-20/h5-6,9,14-15,17,21H,1-4,8,10H2/t14-,15+/m0/s1. The second kappa shape index (κ2) is 6.73. The van der Waals surface area contributed by atoms with Gasteiger partial charge in [0.15, 0.2) is 0 Å². The van der Waals surface area contributed by atoms with Gasteiger partial charge in [0.05, 0.1) is 25.4 Å². The van der Waals surface area contributed by atoms with Gasteiger partial charge in [0.1, 0.15) is 17.5 Å². The van der Waals surface area contributed by atoms with E-state index in [1.807, 2.05) is 23.0 Å². The summed E-state index contributed by atoms with van der Waals surface area (Å²) in [5.74, 6) is 1.09. The van der Waals surface area contributed by atoms with Gasteiger partial charge in [-0.25, -0.2) is 4.68 Å². The minimum absolute atomic E-state index is 0.0891. The van der Waals surface area contributed by atoms with Gasteiger partial charge in [-0.1, -0.05) is 18.1 Å². The van der Waals surface area contributed by atoms with Gasteiger partial charge in [-0.15, -0.1) is 5.10 Å². The monoisotopic (exact) mass is 301 g/mol. The maximum absolute atomic E-state index is 9.12. The first-order valence-electron chi connectivity index (χ1n) is 7.54. The zero-order valence-electron chi connectivity index (χ0n) is 12.3. The first kappa shape index (κ1) is 14.8. The number of furan rings is 1. The molecule has 1 aliphatic rings. The van der Waals surface area contributed by atoms with Crippen LogP contribution in [0.3, 0.4) is 0 Å². The lowest BCUT2D eigenvalue weighted by Gasteiger charge is -2.31. The smallest absolute Gasteiger partial charge is 0.203 e. The summed E-state index contributed by atoms with van der Waals surface area (Å²) in [5.41, 5.74) is 0.592. The van der Waals surface area contributed by atoms with Gasteiger partial charge >= 0.3 is 0 Å². The van der Waals surface area contributed by atoms with Crippen molar-refractivity contribution in [2.75, 3.05) is 0 Å². The van der Waals surface area contributed by atoms with E-state index in [1.54, 1.807) is 6.07 Å². The Kier molecular flexibility index (Phi) is 4.51. The molecule has 7 nitrogen and oxygen atoms in total. The second-order valence-electron chi connectivity index (χ2n) is 5.56. The Hall–Kier alpha value is -2.17. The molecule has 2 N–H and O–H groups in total. The fourth-order valence-electron chi connectivity index (χ4n) is 2.98. The normalized spacial score (nSPS) is 21.6. The van der Waals surface area contributed by atoms with E-state index in [-0.39, 0.29) is 18.7 Å². The number of nitrogens with zero attached hydrogens (tertiary/aromatic N) is 4. The summed E-state index contributed by atoms with van der Waals surface area (Å²) in [6.07, 6.45) is 6.25. The third-order valence-electron chi connectivity index (χ3n) is 4.10. The quantitative estimate of drug-likeness (QED) is 0.868. The van der Waals surface area contributed by atoms with Crippen LogP contribution >= 0.6 is 0 Å². The largest absolute Gasteiger partial charge is 0.449 e. The van der Waals surface area contributed by atoms with Gasteiger partial charge in [0.2, 0.25) is 5.76 Å². The Balaban J connectivity index is 1.66. The lowest BCUT2D eigenvalue weighted by atomic mass is 9.90. The average Bonchev–Trinajstić information content (AvgIpc) is 3.22. The maximum Gasteiger partial charge on any atom is 0.203 e.